The van der Waals surface area contributed by atoms with Crippen molar-refractivity contribution in [1.82, 2.24) is 14.9 Å². The van der Waals surface area contributed by atoms with Crippen molar-refractivity contribution in [2.45, 2.75) is 6.54 Å². The van der Waals surface area contributed by atoms with Gasteiger partial charge in [0.1, 0.15) is 12.1 Å². The topological polar surface area (TPSA) is 82.2 Å². The molecule has 1 aromatic carbocycles. The summed E-state index contributed by atoms with van der Waals surface area (Å²) in [5, 5.41) is 2.67. The number of amides is 1. The molecule has 7 heteroatoms. The summed E-state index contributed by atoms with van der Waals surface area (Å²) < 4.78 is 19.8. The second-order valence-electron chi connectivity index (χ2n) is 4.01. The second-order valence-corrected chi connectivity index (χ2v) is 4.01. The highest BCUT2D eigenvalue weighted by Crippen LogP contribution is 2.20. The predicted molar refractivity (Wildman–Crippen MR) is 69.0 cm³/mol. The van der Waals surface area contributed by atoms with Crippen molar-refractivity contribution in [3.8, 4) is 0 Å². The van der Waals surface area contributed by atoms with Crippen molar-refractivity contribution in [1.29, 1.82) is 0 Å². The minimum Gasteiger partial charge on any atom is -0.383 e. The first kappa shape index (κ1) is 13.3. The number of hydrogen-bond acceptors (Lipinski definition) is 4. The van der Waals surface area contributed by atoms with Gasteiger partial charge in [-0.15, -0.1) is 0 Å². The number of nitrogens with zero attached hydrogens (tertiary/aromatic N) is 2. The molecule has 0 atom stereocenters. The number of nitrogens with two attached hydrogens (primary N) is 1. The summed E-state index contributed by atoms with van der Waals surface area (Å²) in [7, 11) is 1.55. The molecule has 0 radical (unpaired) electrons. The van der Waals surface area contributed by atoms with Crippen LogP contribution in [0, 0.1) is 5.82 Å². The molecule has 0 unspecified atom stereocenters. The molecule has 0 saturated heterocycles. The lowest BCUT2D eigenvalue weighted by Crippen LogP contribution is -2.30. The number of rotatable bonds is 5. The number of imidazole rings is 1. The van der Waals surface area contributed by atoms with E-state index in [9.17, 15) is 9.18 Å². The molecule has 3 N–H and O–H groups in total. The van der Waals surface area contributed by atoms with Crippen LogP contribution in [0.3, 0.4) is 0 Å². The quantitative estimate of drug-likeness (QED) is 0.773. The number of aromatic nitrogens is 2. The maximum absolute atomic E-state index is 13.5. The van der Waals surface area contributed by atoms with Crippen LogP contribution < -0.4 is 11.1 Å². The van der Waals surface area contributed by atoms with Crippen molar-refractivity contribution in [2.75, 3.05) is 26.0 Å². The third kappa shape index (κ3) is 2.82. The summed E-state index contributed by atoms with van der Waals surface area (Å²) in [4.78, 5) is 15.6. The SMILES string of the molecule is COCCNC(=O)Cn1c(N)nc2c(F)cccc21. The molecule has 102 valence electrons. The molecular formula is C12H15FN4O2. The van der Waals surface area contributed by atoms with Gasteiger partial charge < -0.3 is 20.4 Å². The number of carbonyl (C=O) groups is 1. The highest BCUT2D eigenvalue weighted by atomic mass is 19.1. The third-order valence-electron chi connectivity index (χ3n) is 2.69. The summed E-state index contributed by atoms with van der Waals surface area (Å²) in [5.41, 5.74) is 6.38. The zero-order valence-corrected chi connectivity index (χ0v) is 10.5. The molecule has 0 aliphatic heterocycles. The Morgan fingerprint density at radius 2 is 2.37 bits per heavy atom. The number of anilines is 1. The normalized spacial score (nSPS) is 10.8. The van der Waals surface area contributed by atoms with Crippen molar-refractivity contribution in [3.05, 3.63) is 24.0 Å². The van der Waals surface area contributed by atoms with Gasteiger partial charge in [0.25, 0.3) is 0 Å². The van der Waals surface area contributed by atoms with E-state index < -0.39 is 5.82 Å². The Morgan fingerprint density at radius 1 is 1.58 bits per heavy atom. The van der Waals surface area contributed by atoms with E-state index in [4.69, 9.17) is 10.5 Å². The van der Waals surface area contributed by atoms with E-state index in [1.165, 1.54) is 10.6 Å². The Bertz CT molecular complexity index is 597. The van der Waals surface area contributed by atoms with Gasteiger partial charge in [-0.3, -0.25) is 4.79 Å². The fourth-order valence-corrected chi connectivity index (χ4v) is 1.79. The first-order valence-electron chi connectivity index (χ1n) is 5.79. The van der Waals surface area contributed by atoms with Gasteiger partial charge in [-0.2, -0.15) is 0 Å². The van der Waals surface area contributed by atoms with Crippen LogP contribution in [0.1, 0.15) is 0 Å². The zero-order chi connectivity index (χ0) is 13.8. The molecule has 6 nitrogen and oxygen atoms in total. The number of methoxy groups -OCH3 is 1. The zero-order valence-electron chi connectivity index (χ0n) is 10.5. The summed E-state index contributed by atoms with van der Waals surface area (Å²) >= 11 is 0. The number of fused-ring (bicyclic) bond motifs is 1. The van der Waals surface area contributed by atoms with E-state index in [1.807, 2.05) is 0 Å². The van der Waals surface area contributed by atoms with Gasteiger partial charge in [0.2, 0.25) is 11.9 Å². The number of carbonyl (C=O) groups excluding carboxylic acids is 1. The van der Waals surface area contributed by atoms with Gasteiger partial charge in [0, 0.05) is 13.7 Å². The Hall–Kier alpha value is -2.15. The number of nitrogens with one attached hydrogen (secondary N) is 1. The molecule has 0 saturated carbocycles. The van der Waals surface area contributed by atoms with Gasteiger partial charge in [-0.25, -0.2) is 9.37 Å². The van der Waals surface area contributed by atoms with Gasteiger partial charge >= 0.3 is 0 Å². The largest absolute Gasteiger partial charge is 0.383 e. The van der Waals surface area contributed by atoms with Crippen LogP contribution in [0.15, 0.2) is 18.2 Å². The lowest BCUT2D eigenvalue weighted by atomic mass is 10.3. The van der Waals surface area contributed by atoms with Crippen LogP contribution in [0.25, 0.3) is 11.0 Å². The van der Waals surface area contributed by atoms with E-state index in [0.717, 1.165) is 0 Å². The Morgan fingerprint density at radius 3 is 3.11 bits per heavy atom. The van der Waals surface area contributed by atoms with Crippen molar-refractivity contribution in [2.24, 2.45) is 0 Å². The van der Waals surface area contributed by atoms with Crippen LogP contribution in [0.5, 0.6) is 0 Å². The van der Waals surface area contributed by atoms with E-state index in [2.05, 4.69) is 10.3 Å². The summed E-state index contributed by atoms with van der Waals surface area (Å²) in [6, 6.07) is 4.53. The molecule has 0 aliphatic rings. The van der Waals surface area contributed by atoms with Gasteiger partial charge in [-0.05, 0) is 12.1 Å². The fourth-order valence-electron chi connectivity index (χ4n) is 1.79. The van der Waals surface area contributed by atoms with E-state index in [1.54, 1.807) is 19.2 Å². The van der Waals surface area contributed by atoms with Crippen LogP contribution >= 0.6 is 0 Å². The number of benzene rings is 1. The number of ether oxygens (including phenoxy) is 1. The van der Waals surface area contributed by atoms with Gasteiger partial charge in [-0.1, -0.05) is 6.07 Å². The van der Waals surface area contributed by atoms with E-state index in [0.29, 0.717) is 18.7 Å². The lowest BCUT2D eigenvalue weighted by Gasteiger charge is -2.07. The molecule has 1 aromatic heterocycles. The molecule has 2 rings (SSSR count). The summed E-state index contributed by atoms with van der Waals surface area (Å²) in [6.07, 6.45) is 0. The van der Waals surface area contributed by atoms with Crippen LogP contribution in [0.2, 0.25) is 0 Å². The average molecular weight is 266 g/mol. The standard InChI is InChI=1S/C12H15FN4O2/c1-19-6-5-15-10(18)7-17-9-4-2-3-8(13)11(9)16-12(17)14/h2-4H,5-7H2,1H3,(H2,14,16)(H,15,18). The molecule has 1 amide bonds. The molecule has 19 heavy (non-hydrogen) atoms. The Kier molecular flexibility index (Phi) is 3.96. The third-order valence-corrected chi connectivity index (χ3v) is 2.69. The number of halogens is 1. The van der Waals surface area contributed by atoms with Crippen molar-refractivity contribution < 1.29 is 13.9 Å². The number of para-hydroxylation sites is 1. The fraction of sp³-hybridized carbons (Fsp3) is 0.333. The summed E-state index contributed by atoms with van der Waals surface area (Å²) in [6.45, 7) is 0.840. The van der Waals surface area contributed by atoms with E-state index >= 15 is 0 Å². The monoisotopic (exact) mass is 266 g/mol. The second kappa shape index (κ2) is 5.66. The van der Waals surface area contributed by atoms with Crippen molar-refractivity contribution in [3.63, 3.8) is 0 Å². The number of nitrogen functional groups attached to an aromatic ring is 1. The molecular weight excluding hydrogens is 251 g/mol. The highest BCUT2D eigenvalue weighted by molar-refractivity contribution is 5.83. The molecule has 0 spiro atoms. The maximum atomic E-state index is 13.5. The average Bonchev–Trinajstić information content (AvgIpc) is 2.69. The molecule has 2 aromatic rings. The van der Waals surface area contributed by atoms with Crippen LogP contribution in [-0.2, 0) is 16.1 Å². The first-order valence-corrected chi connectivity index (χ1v) is 5.79. The van der Waals surface area contributed by atoms with Crippen molar-refractivity contribution >= 4 is 22.9 Å². The number of hydrogen-bond donors (Lipinski definition) is 2. The molecule has 0 fully saturated rings. The predicted octanol–water partition coefficient (Wildman–Crippen LogP) is 0.520. The van der Waals surface area contributed by atoms with Gasteiger partial charge in [0.05, 0.1) is 12.1 Å². The lowest BCUT2D eigenvalue weighted by molar-refractivity contribution is -0.121. The molecule has 0 aliphatic carbocycles. The van der Waals surface area contributed by atoms with E-state index in [-0.39, 0.29) is 23.9 Å². The molecule has 0 bridgehead atoms. The Labute approximate surface area is 109 Å². The van der Waals surface area contributed by atoms with Gasteiger partial charge in [0.15, 0.2) is 5.82 Å². The first-order chi connectivity index (χ1) is 9.13. The Balaban J connectivity index is 2.18. The minimum absolute atomic E-state index is 0.00446. The molecule has 1 heterocycles. The smallest absolute Gasteiger partial charge is 0.240 e. The van der Waals surface area contributed by atoms with Crippen LogP contribution in [-0.4, -0.2) is 35.7 Å². The van der Waals surface area contributed by atoms with Crippen LogP contribution in [0.4, 0.5) is 10.3 Å². The minimum atomic E-state index is -0.456. The maximum Gasteiger partial charge on any atom is 0.240 e. The summed E-state index contributed by atoms with van der Waals surface area (Å²) in [5.74, 6) is -0.572. The highest BCUT2D eigenvalue weighted by Gasteiger charge is 2.13.